The van der Waals surface area contributed by atoms with Crippen LogP contribution >= 0.6 is 0 Å². The average molecular weight is 308 g/mol. The summed E-state index contributed by atoms with van der Waals surface area (Å²) in [6.07, 6.45) is 0. The fraction of sp³-hybridized carbons (Fsp3) is 1.00. The molecule has 15 heteroatoms. The summed E-state index contributed by atoms with van der Waals surface area (Å²) in [6, 6.07) is 0. The van der Waals surface area contributed by atoms with E-state index in [4.69, 9.17) is 27.7 Å². The molecule has 16 heavy (non-hydrogen) atoms. The van der Waals surface area contributed by atoms with Crippen LogP contribution in [0.5, 0.6) is 0 Å². The lowest BCUT2D eigenvalue weighted by atomic mass is 11.6. The van der Waals surface area contributed by atoms with Crippen molar-refractivity contribution in [2.45, 2.75) is 0 Å². The highest BCUT2D eigenvalue weighted by atomic mass is 35.7. The van der Waals surface area contributed by atoms with Crippen LogP contribution < -0.4 is 14.0 Å². The summed E-state index contributed by atoms with van der Waals surface area (Å²) in [4.78, 5) is 0. The molecular weight excluding hydrogens is 302 g/mol. The van der Waals surface area contributed by atoms with Gasteiger partial charge >= 0.3 is 20.7 Å². The molecule has 12 nitrogen and oxygen atoms in total. The number of rotatable bonds is 3. The third-order valence-electron chi connectivity index (χ3n) is 0.524. The van der Waals surface area contributed by atoms with Gasteiger partial charge in [0.05, 0.1) is 14.9 Å². The van der Waals surface area contributed by atoms with Gasteiger partial charge in [-0.3, -0.25) is 9.11 Å². The molecule has 100 valence electrons. The van der Waals surface area contributed by atoms with Gasteiger partial charge in [0.25, 0.3) is 0 Å². The van der Waals surface area contributed by atoms with Crippen molar-refractivity contribution >= 4 is 20.7 Å². The Hall–Kier alpha value is -0.130. The zero-order valence-corrected chi connectivity index (χ0v) is 9.64. The fourth-order valence-electron chi connectivity index (χ4n) is 0.171. The van der Waals surface area contributed by atoms with Crippen LogP contribution in [0.4, 0.5) is 0 Å². The minimum absolute atomic E-state index is 0.414. The molecule has 0 saturated carbocycles. The molecule has 0 aromatic heterocycles. The van der Waals surface area contributed by atoms with Gasteiger partial charge in [-0.1, -0.05) is 0 Å². The third-order valence-corrected chi connectivity index (χ3v) is 1.75. The maximum atomic E-state index is 9.99. The van der Waals surface area contributed by atoms with Gasteiger partial charge in [0.2, 0.25) is 0 Å². The molecule has 0 aliphatic rings. The van der Waals surface area contributed by atoms with Crippen molar-refractivity contribution in [1.29, 1.82) is 0 Å². The number of hydroxylamine groups is 1. The summed E-state index contributed by atoms with van der Waals surface area (Å²) in [7, 11) is -13.8. The summed E-state index contributed by atoms with van der Waals surface area (Å²) in [5, 5.41) is 0. The van der Waals surface area contributed by atoms with Crippen molar-refractivity contribution in [2.24, 2.45) is 0 Å². The first kappa shape index (κ1) is 18.2. The molecule has 0 radical (unpaired) electrons. The largest absolute Gasteiger partial charge is 0.414 e. The number of nitrogens with zero attached hydrogens (tertiary/aromatic N) is 1. The Labute approximate surface area is 91.8 Å². The molecule has 0 aliphatic carbocycles. The molecule has 0 aliphatic heterocycles. The van der Waals surface area contributed by atoms with Crippen LogP contribution in [0, 0.1) is 10.2 Å². The van der Waals surface area contributed by atoms with Crippen molar-refractivity contribution in [1.82, 2.24) is 4.47 Å². The fourth-order valence-corrected chi connectivity index (χ4v) is 0.975. The molecule has 3 N–H and O–H groups in total. The third kappa shape index (κ3) is 19.4. The van der Waals surface area contributed by atoms with Gasteiger partial charge in [-0.05, 0) is 4.47 Å². The van der Waals surface area contributed by atoms with Crippen LogP contribution in [0.25, 0.3) is 0 Å². The quantitative estimate of drug-likeness (QED) is 0.330. The van der Waals surface area contributed by atoms with Gasteiger partial charge in [-0.25, -0.2) is 0 Å². The first-order valence-electron chi connectivity index (χ1n) is 2.64. The first-order chi connectivity index (χ1) is 6.63. The Balaban J connectivity index is 0. The van der Waals surface area contributed by atoms with E-state index in [2.05, 4.69) is 4.28 Å². The van der Waals surface area contributed by atoms with E-state index in [1.54, 1.807) is 0 Å². The van der Waals surface area contributed by atoms with Crippen molar-refractivity contribution in [3.8, 4) is 0 Å². The molecule has 0 aromatic carbocycles. The Bertz CT molecular complexity index is 382. The van der Waals surface area contributed by atoms with Gasteiger partial charge in [-0.15, -0.1) is 4.28 Å². The standard InChI is InChI=1S/CH5NO7S2.ClHO4/c1-2(10(3,4)5)9-11(6,7)8;2-1(3,4)5/h1H3,(H,3,4,5)(H,6,7,8);(H,2,3,4,5). The number of hydrogen-bond donors (Lipinski definition) is 3. The maximum absolute atomic E-state index is 9.99. The van der Waals surface area contributed by atoms with Crippen molar-refractivity contribution < 1.29 is 59.1 Å². The summed E-state index contributed by atoms with van der Waals surface area (Å²) in [6.45, 7) is 0. The molecular formula is CH6ClNO11S2. The summed E-state index contributed by atoms with van der Waals surface area (Å²) in [5.74, 6) is 0. The summed E-state index contributed by atoms with van der Waals surface area (Å²) in [5.41, 5.74) is 0. The zero-order valence-electron chi connectivity index (χ0n) is 7.25. The number of halogens is 1. The molecule has 0 spiro atoms. The highest BCUT2D eigenvalue weighted by Gasteiger charge is 2.20. The van der Waals surface area contributed by atoms with Gasteiger partial charge < -0.3 is 0 Å². The molecule has 0 atom stereocenters. The van der Waals surface area contributed by atoms with Crippen LogP contribution in [0.2, 0.25) is 0 Å². The summed E-state index contributed by atoms with van der Waals surface area (Å²) < 4.78 is 91.2. The Morgan fingerprint density at radius 3 is 1.44 bits per heavy atom. The lowest BCUT2D eigenvalue weighted by molar-refractivity contribution is -1.92. The Morgan fingerprint density at radius 1 is 1.12 bits per heavy atom. The molecule has 0 amide bonds. The van der Waals surface area contributed by atoms with Gasteiger partial charge in [0.15, 0.2) is 0 Å². The minimum Gasteiger partial charge on any atom is -0.272 e. The van der Waals surface area contributed by atoms with Crippen LogP contribution in [0.15, 0.2) is 0 Å². The highest BCUT2D eigenvalue weighted by molar-refractivity contribution is 7.84. The van der Waals surface area contributed by atoms with Gasteiger partial charge in [0, 0.05) is 7.05 Å². The molecule has 0 unspecified atom stereocenters. The van der Waals surface area contributed by atoms with Crippen molar-refractivity contribution in [2.75, 3.05) is 7.05 Å². The van der Waals surface area contributed by atoms with Crippen LogP contribution in [0.3, 0.4) is 0 Å². The lowest BCUT2D eigenvalue weighted by Crippen LogP contribution is -2.58. The van der Waals surface area contributed by atoms with E-state index in [9.17, 15) is 16.8 Å². The van der Waals surface area contributed by atoms with Crippen LogP contribution in [0.1, 0.15) is 0 Å². The SMILES string of the molecule is CN(OS(=O)(=O)O)S(=O)(=O)O.[O-][Cl+3]([O-])([O-])O. The van der Waals surface area contributed by atoms with E-state index in [1.807, 2.05) is 0 Å². The van der Waals surface area contributed by atoms with E-state index in [-0.39, 0.29) is 0 Å². The molecule has 0 rings (SSSR count). The Morgan fingerprint density at radius 2 is 1.38 bits per heavy atom. The maximum Gasteiger partial charge on any atom is 0.414 e. The number of hydrogen-bond acceptors (Lipinski definition) is 9. The second-order valence-corrected chi connectivity index (χ2v) is 4.99. The van der Waals surface area contributed by atoms with E-state index >= 15 is 0 Å². The van der Waals surface area contributed by atoms with E-state index < -0.39 is 35.4 Å². The van der Waals surface area contributed by atoms with E-state index in [0.717, 1.165) is 0 Å². The monoisotopic (exact) mass is 307 g/mol. The van der Waals surface area contributed by atoms with Gasteiger partial charge in [0.1, 0.15) is 0 Å². The highest BCUT2D eigenvalue weighted by Crippen LogP contribution is 1.97. The van der Waals surface area contributed by atoms with Gasteiger partial charge in [-0.2, -0.15) is 30.8 Å². The van der Waals surface area contributed by atoms with Crippen molar-refractivity contribution in [3.05, 3.63) is 0 Å². The van der Waals surface area contributed by atoms with Crippen LogP contribution in [-0.4, -0.2) is 42.1 Å². The molecule has 0 fully saturated rings. The van der Waals surface area contributed by atoms with Crippen molar-refractivity contribution in [3.63, 3.8) is 0 Å². The second kappa shape index (κ2) is 5.98. The van der Waals surface area contributed by atoms with E-state index in [1.165, 1.54) is 0 Å². The second-order valence-electron chi connectivity index (χ2n) is 1.79. The summed E-state index contributed by atoms with van der Waals surface area (Å²) >= 11 is 0. The van der Waals surface area contributed by atoms with E-state index in [0.29, 0.717) is 7.05 Å². The Kier molecular flexibility index (Phi) is 6.82. The lowest BCUT2D eigenvalue weighted by Gasteiger charge is -2.07. The zero-order chi connectivity index (χ0) is 13.8. The predicted molar refractivity (Wildman–Crippen MR) is 34.2 cm³/mol. The minimum atomic E-state index is -4.92. The molecule has 0 aromatic rings. The predicted octanol–water partition coefficient (Wildman–Crippen LogP) is -5.67. The molecule has 0 saturated heterocycles. The average Bonchev–Trinajstić information content (AvgIpc) is 1.75. The smallest absolute Gasteiger partial charge is 0.272 e. The topological polar surface area (TPSA) is 211 Å². The normalized spacial score (nSPS) is 13.2. The molecule has 0 bridgehead atoms. The van der Waals surface area contributed by atoms with Crippen LogP contribution in [-0.2, 0) is 25.0 Å². The molecule has 0 heterocycles. The first-order valence-corrected chi connectivity index (χ1v) is 6.67.